The van der Waals surface area contributed by atoms with Crippen LogP contribution in [0, 0.1) is 51.8 Å². The summed E-state index contributed by atoms with van der Waals surface area (Å²) in [5.74, 6) is 1.34. The minimum absolute atomic E-state index is 0.00269. The Kier molecular flexibility index (Phi) is 4.63. The Labute approximate surface area is 182 Å². The van der Waals surface area contributed by atoms with E-state index >= 15 is 0 Å². The molecule has 0 radical (unpaired) electrons. The Balaban J connectivity index is 1.58. The molecule has 166 valence electrons. The molecule has 0 saturated heterocycles. The van der Waals surface area contributed by atoms with Crippen molar-refractivity contribution in [1.82, 2.24) is 0 Å². The van der Waals surface area contributed by atoms with Crippen LogP contribution in [0.25, 0.3) is 0 Å². The minimum Gasteiger partial charge on any atom is -0.481 e. The second-order valence-electron chi connectivity index (χ2n) is 12.6. The molecule has 9 unspecified atom stereocenters. The molecule has 5 aliphatic rings. The molecular formula is C27H40O3. The van der Waals surface area contributed by atoms with E-state index in [0.29, 0.717) is 29.0 Å². The second-order valence-corrected chi connectivity index (χ2v) is 12.6. The number of carbonyl (C=O) groups excluding carboxylic acids is 1. The monoisotopic (exact) mass is 412 g/mol. The molecule has 1 N–H and O–H groups in total. The maximum absolute atomic E-state index is 13.9. The van der Waals surface area contributed by atoms with Crippen molar-refractivity contribution in [3.63, 3.8) is 0 Å². The highest BCUT2D eigenvalue weighted by Gasteiger charge is 2.65. The van der Waals surface area contributed by atoms with Crippen LogP contribution in [0.3, 0.4) is 0 Å². The summed E-state index contributed by atoms with van der Waals surface area (Å²) in [7, 11) is 0. The van der Waals surface area contributed by atoms with Crippen LogP contribution in [0.15, 0.2) is 11.6 Å². The zero-order valence-electron chi connectivity index (χ0n) is 19.4. The largest absolute Gasteiger partial charge is 0.481 e. The first kappa shape index (κ1) is 20.8. The number of carbonyl (C=O) groups is 2. The van der Waals surface area contributed by atoms with Gasteiger partial charge in [-0.3, -0.25) is 9.59 Å². The van der Waals surface area contributed by atoms with Crippen molar-refractivity contribution in [2.24, 2.45) is 51.8 Å². The predicted octanol–water partition coefficient (Wildman–Crippen LogP) is 6.27. The molecule has 30 heavy (non-hydrogen) atoms. The third-order valence-electron chi connectivity index (χ3n) is 11.1. The highest BCUT2D eigenvalue weighted by atomic mass is 16.4. The van der Waals surface area contributed by atoms with Crippen molar-refractivity contribution in [3.05, 3.63) is 11.6 Å². The van der Waals surface area contributed by atoms with Gasteiger partial charge >= 0.3 is 5.97 Å². The molecule has 4 fully saturated rings. The van der Waals surface area contributed by atoms with Gasteiger partial charge in [-0.2, -0.15) is 0 Å². The fourth-order valence-corrected chi connectivity index (χ4v) is 9.98. The maximum atomic E-state index is 13.9. The van der Waals surface area contributed by atoms with Gasteiger partial charge < -0.3 is 5.11 Å². The van der Waals surface area contributed by atoms with E-state index < -0.39 is 5.97 Å². The number of carboxylic acid groups (broad SMARTS) is 1. The Hall–Kier alpha value is -1.12. The van der Waals surface area contributed by atoms with Crippen LogP contribution in [-0.4, -0.2) is 16.9 Å². The van der Waals surface area contributed by atoms with Crippen molar-refractivity contribution < 1.29 is 14.7 Å². The molecule has 0 aromatic rings. The van der Waals surface area contributed by atoms with E-state index in [-0.39, 0.29) is 28.6 Å². The molecule has 0 heterocycles. The standard InChI is InChI=1S/C27H40O3/c1-16-7-5-11-25(2)13-9-20-18(22(16)25)15-21(28)23-26(3)12-6-8-17(24(29)30)19(26)10-14-27(20,23)4/h15-17,19-20,22-23H,5-14H2,1-4H3,(H,29,30). The average molecular weight is 413 g/mol. The molecule has 3 nitrogen and oxygen atoms in total. The molecule has 0 aromatic carbocycles. The number of carboxylic acids is 1. The zero-order chi connectivity index (χ0) is 21.5. The van der Waals surface area contributed by atoms with Crippen molar-refractivity contribution in [1.29, 1.82) is 0 Å². The molecule has 3 heteroatoms. The summed E-state index contributed by atoms with van der Waals surface area (Å²) >= 11 is 0. The van der Waals surface area contributed by atoms with E-state index in [1.165, 1.54) is 37.7 Å². The van der Waals surface area contributed by atoms with Gasteiger partial charge in [-0.1, -0.05) is 52.5 Å². The summed E-state index contributed by atoms with van der Waals surface area (Å²) in [4.78, 5) is 25.9. The molecule has 0 bridgehead atoms. The van der Waals surface area contributed by atoms with E-state index in [1.54, 1.807) is 0 Å². The van der Waals surface area contributed by atoms with E-state index in [1.807, 2.05) is 0 Å². The zero-order valence-corrected chi connectivity index (χ0v) is 19.4. The average Bonchev–Trinajstić information content (AvgIpc) is 2.65. The molecule has 9 atom stereocenters. The number of fused-ring (bicyclic) bond motifs is 7. The van der Waals surface area contributed by atoms with Crippen molar-refractivity contribution in [2.75, 3.05) is 0 Å². The maximum Gasteiger partial charge on any atom is 0.306 e. The van der Waals surface area contributed by atoms with Gasteiger partial charge in [0.25, 0.3) is 0 Å². The highest BCUT2D eigenvalue weighted by molar-refractivity contribution is 5.95. The van der Waals surface area contributed by atoms with Crippen LogP contribution in [-0.2, 0) is 9.59 Å². The molecule has 0 amide bonds. The van der Waals surface area contributed by atoms with Gasteiger partial charge in [0.2, 0.25) is 0 Å². The lowest BCUT2D eigenvalue weighted by Gasteiger charge is -2.65. The first-order valence-electron chi connectivity index (χ1n) is 12.6. The summed E-state index contributed by atoms with van der Waals surface area (Å²) in [6.45, 7) is 9.60. The summed E-state index contributed by atoms with van der Waals surface area (Å²) in [6, 6.07) is 0. The molecule has 5 rings (SSSR count). The second kappa shape index (κ2) is 6.69. The van der Waals surface area contributed by atoms with Crippen LogP contribution in [0.5, 0.6) is 0 Å². The van der Waals surface area contributed by atoms with E-state index in [9.17, 15) is 14.7 Å². The van der Waals surface area contributed by atoms with Crippen LogP contribution in [0.4, 0.5) is 0 Å². The minimum atomic E-state index is -0.640. The molecule has 4 saturated carbocycles. The van der Waals surface area contributed by atoms with Crippen molar-refractivity contribution in [3.8, 4) is 0 Å². The van der Waals surface area contributed by atoms with Gasteiger partial charge in [-0.05, 0) is 90.9 Å². The number of hydrogen-bond donors (Lipinski definition) is 1. The van der Waals surface area contributed by atoms with Gasteiger partial charge in [0.1, 0.15) is 0 Å². The Bertz CT molecular complexity index is 798. The van der Waals surface area contributed by atoms with Gasteiger partial charge in [-0.25, -0.2) is 0 Å². The Morgan fingerprint density at radius 3 is 2.43 bits per heavy atom. The lowest BCUT2D eigenvalue weighted by Crippen LogP contribution is -2.61. The van der Waals surface area contributed by atoms with Crippen molar-refractivity contribution in [2.45, 2.75) is 91.9 Å². The van der Waals surface area contributed by atoms with Gasteiger partial charge in [-0.15, -0.1) is 0 Å². The lowest BCUT2D eigenvalue weighted by atomic mass is 9.38. The summed E-state index contributed by atoms with van der Waals surface area (Å²) in [5.41, 5.74) is 1.70. The number of aliphatic carboxylic acids is 1. The summed E-state index contributed by atoms with van der Waals surface area (Å²) in [5, 5.41) is 9.90. The normalized spacial score (nSPS) is 52.9. The van der Waals surface area contributed by atoms with Crippen LogP contribution < -0.4 is 0 Å². The van der Waals surface area contributed by atoms with E-state index in [4.69, 9.17) is 0 Å². The molecule has 5 aliphatic carbocycles. The number of rotatable bonds is 1. The first-order valence-corrected chi connectivity index (χ1v) is 12.6. The van der Waals surface area contributed by atoms with Crippen LogP contribution in [0.1, 0.15) is 91.9 Å². The van der Waals surface area contributed by atoms with Gasteiger partial charge in [0.05, 0.1) is 5.92 Å². The number of ketones is 1. The van der Waals surface area contributed by atoms with Gasteiger partial charge in [0.15, 0.2) is 5.78 Å². The van der Waals surface area contributed by atoms with Crippen LogP contribution in [0.2, 0.25) is 0 Å². The predicted molar refractivity (Wildman–Crippen MR) is 118 cm³/mol. The van der Waals surface area contributed by atoms with Gasteiger partial charge in [0, 0.05) is 5.92 Å². The van der Waals surface area contributed by atoms with E-state index in [2.05, 4.69) is 33.8 Å². The fourth-order valence-electron chi connectivity index (χ4n) is 9.98. The number of hydrogen-bond acceptors (Lipinski definition) is 2. The SMILES string of the molecule is CC1CCCC2(C)CCC3C(=CC(=O)C4C3(C)CCC3C(C(=O)O)CCCC34C)C12. The first-order chi connectivity index (χ1) is 14.1. The summed E-state index contributed by atoms with van der Waals surface area (Å²) in [6.07, 6.45) is 13.3. The molecule has 0 spiro atoms. The van der Waals surface area contributed by atoms with Crippen molar-refractivity contribution >= 4 is 11.8 Å². The topological polar surface area (TPSA) is 54.4 Å². The van der Waals surface area contributed by atoms with Crippen LogP contribution >= 0.6 is 0 Å². The molecular weight excluding hydrogens is 372 g/mol. The van der Waals surface area contributed by atoms with E-state index in [0.717, 1.165) is 32.1 Å². The summed E-state index contributed by atoms with van der Waals surface area (Å²) < 4.78 is 0. The number of allylic oxidation sites excluding steroid dienone is 2. The highest BCUT2D eigenvalue weighted by Crippen LogP contribution is 2.69. The Morgan fingerprint density at radius 1 is 0.967 bits per heavy atom. The molecule has 0 aliphatic heterocycles. The molecule has 0 aromatic heterocycles. The third-order valence-corrected chi connectivity index (χ3v) is 11.1. The fraction of sp³-hybridized carbons (Fsp3) is 0.852. The lowest BCUT2D eigenvalue weighted by molar-refractivity contribution is -0.171. The smallest absolute Gasteiger partial charge is 0.306 e. The third kappa shape index (κ3) is 2.62. The quantitative estimate of drug-likeness (QED) is 0.552. The Morgan fingerprint density at radius 2 is 1.70 bits per heavy atom.